The third-order valence-electron chi connectivity index (χ3n) is 4.49. The van der Waals surface area contributed by atoms with Gasteiger partial charge in [-0.05, 0) is 44.9 Å². The highest BCUT2D eigenvalue weighted by Gasteiger charge is 2.29. The highest BCUT2D eigenvalue weighted by Crippen LogP contribution is 2.31. The first-order valence-corrected chi connectivity index (χ1v) is 7.47. The average molecular weight is 279 g/mol. The Hall–Kier alpha value is -1.52. The number of hydrogen-bond acceptors (Lipinski definition) is 4. The molecule has 2 N–H and O–H groups in total. The van der Waals surface area contributed by atoms with E-state index in [9.17, 15) is 4.79 Å². The van der Waals surface area contributed by atoms with Gasteiger partial charge in [0.15, 0.2) is 5.69 Å². The van der Waals surface area contributed by atoms with E-state index in [2.05, 4.69) is 18.9 Å². The average Bonchev–Trinajstić information content (AvgIpc) is 2.69. The van der Waals surface area contributed by atoms with E-state index in [0.29, 0.717) is 35.5 Å². The summed E-state index contributed by atoms with van der Waals surface area (Å²) in [5, 5.41) is 4.26. The van der Waals surface area contributed by atoms with Crippen molar-refractivity contribution >= 4 is 11.7 Å². The molecule has 5 nitrogen and oxygen atoms in total. The standard InChI is InChI=1S/C15H25N3O2/c1-5-18-14(13(16)11(4)17-18)15(19)20-12-7-6-9(2)10(3)8-12/h9-10,12H,5-8,16H2,1-4H3. The van der Waals surface area contributed by atoms with Crippen LogP contribution in [0.3, 0.4) is 0 Å². The molecule has 20 heavy (non-hydrogen) atoms. The van der Waals surface area contributed by atoms with Crippen molar-refractivity contribution < 1.29 is 9.53 Å². The van der Waals surface area contributed by atoms with Crippen molar-refractivity contribution in [1.29, 1.82) is 0 Å². The van der Waals surface area contributed by atoms with E-state index in [0.717, 1.165) is 19.3 Å². The summed E-state index contributed by atoms with van der Waals surface area (Å²) in [4.78, 5) is 12.4. The van der Waals surface area contributed by atoms with E-state index < -0.39 is 0 Å². The first kappa shape index (κ1) is 14.9. The van der Waals surface area contributed by atoms with Gasteiger partial charge in [0.05, 0.1) is 11.4 Å². The van der Waals surface area contributed by atoms with Crippen LogP contribution in [0.15, 0.2) is 0 Å². The molecular formula is C15H25N3O2. The van der Waals surface area contributed by atoms with Crippen molar-refractivity contribution in [2.75, 3.05) is 5.73 Å². The molecule has 0 aromatic carbocycles. The third-order valence-corrected chi connectivity index (χ3v) is 4.49. The Balaban J connectivity index is 2.09. The van der Waals surface area contributed by atoms with Crippen LogP contribution in [0, 0.1) is 18.8 Å². The molecule has 3 unspecified atom stereocenters. The van der Waals surface area contributed by atoms with Gasteiger partial charge in [0.1, 0.15) is 6.10 Å². The maximum absolute atomic E-state index is 12.4. The van der Waals surface area contributed by atoms with E-state index in [1.807, 2.05) is 13.8 Å². The number of carbonyl (C=O) groups is 1. The Morgan fingerprint density at radius 3 is 2.70 bits per heavy atom. The molecule has 3 atom stereocenters. The van der Waals surface area contributed by atoms with Crippen LogP contribution in [0.2, 0.25) is 0 Å². The number of ether oxygens (including phenoxy) is 1. The number of rotatable bonds is 3. The third kappa shape index (κ3) is 2.81. The smallest absolute Gasteiger partial charge is 0.359 e. The predicted octanol–water partition coefficient (Wildman–Crippen LogP) is 2.78. The van der Waals surface area contributed by atoms with Gasteiger partial charge >= 0.3 is 5.97 Å². The zero-order chi connectivity index (χ0) is 14.9. The van der Waals surface area contributed by atoms with E-state index in [1.165, 1.54) is 0 Å². The summed E-state index contributed by atoms with van der Waals surface area (Å²) < 4.78 is 7.28. The number of esters is 1. The molecule has 0 saturated heterocycles. The Kier molecular flexibility index (Phi) is 4.35. The van der Waals surface area contributed by atoms with Gasteiger partial charge in [-0.2, -0.15) is 5.10 Å². The van der Waals surface area contributed by atoms with Crippen LogP contribution in [0.5, 0.6) is 0 Å². The molecule has 0 bridgehead atoms. The van der Waals surface area contributed by atoms with Crippen LogP contribution in [-0.2, 0) is 11.3 Å². The number of nitrogens with two attached hydrogens (primary N) is 1. The molecule has 5 heteroatoms. The molecule has 1 aliphatic carbocycles. The lowest BCUT2D eigenvalue weighted by Crippen LogP contribution is -2.29. The molecule has 1 fully saturated rings. The lowest BCUT2D eigenvalue weighted by molar-refractivity contribution is 0.00769. The van der Waals surface area contributed by atoms with Crippen LogP contribution in [-0.4, -0.2) is 21.9 Å². The number of aromatic nitrogens is 2. The molecule has 112 valence electrons. The van der Waals surface area contributed by atoms with Crippen molar-refractivity contribution in [2.24, 2.45) is 11.8 Å². The Labute approximate surface area is 120 Å². The van der Waals surface area contributed by atoms with Gasteiger partial charge in [-0.15, -0.1) is 0 Å². The number of nitrogens with zero attached hydrogens (tertiary/aromatic N) is 2. The lowest BCUT2D eigenvalue weighted by Gasteiger charge is -2.31. The fourth-order valence-electron chi connectivity index (χ4n) is 2.85. The summed E-state index contributed by atoms with van der Waals surface area (Å²) in [6, 6.07) is 0. The zero-order valence-corrected chi connectivity index (χ0v) is 12.8. The number of hydrogen-bond donors (Lipinski definition) is 1. The Morgan fingerprint density at radius 2 is 2.10 bits per heavy atom. The summed E-state index contributed by atoms with van der Waals surface area (Å²) >= 11 is 0. The molecule has 1 aromatic rings. The highest BCUT2D eigenvalue weighted by molar-refractivity contribution is 5.93. The van der Waals surface area contributed by atoms with Gasteiger partial charge in [0.25, 0.3) is 0 Å². The monoisotopic (exact) mass is 279 g/mol. The molecule has 0 amide bonds. The highest BCUT2D eigenvalue weighted by atomic mass is 16.5. The first-order valence-electron chi connectivity index (χ1n) is 7.47. The Bertz CT molecular complexity index is 496. The molecule has 1 aromatic heterocycles. The second-order valence-electron chi connectivity index (χ2n) is 5.96. The largest absolute Gasteiger partial charge is 0.458 e. The fraction of sp³-hybridized carbons (Fsp3) is 0.733. The SMILES string of the molecule is CCn1nc(C)c(N)c1C(=O)OC1CCC(C)C(C)C1. The number of aryl methyl sites for hydroxylation is 2. The quantitative estimate of drug-likeness (QED) is 0.864. The minimum Gasteiger partial charge on any atom is -0.458 e. The fourth-order valence-corrected chi connectivity index (χ4v) is 2.85. The van der Waals surface area contributed by atoms with E-state index in [4.69, 9.17) is 10.5 Å². The molecule has 1 saturated carbocycles. The van der Waals surface area contributed by atoms with Gasteiger partial charge in [0, 0.05) is 6.54 Å². The van der Waals surface area contributed by atoms with Gasteiger partial charge < -0.3 is 10.5 Å². The van der Waals surface area contributed by atoms with Crippen LogP contribution < -0.4 is 5.73 Å². The number of carbonyl (C=O) groups excluding carboxylic acids is 1. The lowest BCUT2D eigenvalue weighted by atomic mass is 9.80. The predicted molar refractivity (Wildman–Crippen MR) is 78.4 cm³/mol. The van der Waals surface area contributed by atoms with Gasteiger partial charge in [-0.1, -0.05) is 13.8 Å². The van der Waals surface area contributed by atoms with Crippen molar-refractivity contribution in [1.82, 2.24) is 9.78 Å². The summed E-state index contributed by atoms with van der Waals surface area (Å²) in [5.74, 6) is 0.965. The second-order valence-corrected chi connectivity index (χ2v) is 5.96. The number of nitrogen functional groups attached to an aromatic ring is 1. The molecule has 0 radical (unpaired) electrons. The summed E-state index contributed by atoms with van der Waals surface area (Å²) in [7, 11) is 0. The minimum atomic E-state index is -0.336. The molecule has 1 aliphatic rings. The van der Waals surface area contributed by atoms with Crippen LogP contribution in [0.25, 0.3) is 0 Å². The summed E-state index contributed by atoms with van der Waals surface area (Å²) in [6.45, 7) is 8.84. The van der Waals surface area contributed by atoms with Crippen LogP contribution in [0.1, 0.15) is 56.2 Å². The molecule has 1 heterocycles. The van der Waals surface area contributed by atoms with Crippen LogP contribution in [0.4, 0.5) is 5.69 Å². The maximum atomic E-state index is 12.4. The molecular weight excluding hydrogens is 254 g/mol. The normalized spacial score (nSPS) is 26.5. The van der Waals surface area contributed by atoms with Gasteiger partial charge in [0.2, 0.25) is 0 Å². The van der Waals surface area contributed by atoms with E-state index >= 15 is 0 Å². The summed E-state index contributed by atoms with van der Waals surface area (Å²) in [5.41, 5.74) is 7.47. The van der Waals surface area contributed by atoms with Crippen molar-refractivity contribution in [3.63, 3.8) is 0 Å². The molecule has 2 rings (SSSR count). The Morgan fingerprint density at radius 1 is 1.40 bits per heavy atom. The van der Waals surface area contributed by atoms with Gasteiger partial charge in [-0.25, -0.2) is 4.79 Å². The number of anilines is 1. The van der Waals surface area contributed by atoms with E-state index in [1.54, 1.807) is 4.68 Å². The maximum Gasteiger partial charge on any atom is 0.359 e. The van der Waals surface area contributed by atoms with Crippen LogP contribution >= 0.6 is 0 Å². The minimum absolute atomic E-state index is 0.00797. The van der Waals surface area contributed by atoms with Crippen molar-refractivity contribution in [3.05, 3.63) is 11.4 Å². The molecule has 0 aliphatic heterocycles. The topological polar surface area (TPSA) is 70.1 Å². The second kappa shape index (κ2) is 5.85. The molecule has 0 spiro atoms. The van der Waals surface area contributed by atoms with Crippen molar-refractivity contribution in [2.45, 2.75) is 59.6 Å². The van der Waals surface area contributed by atoms with Gasteiger partial charge in [-0.3, -0.25) is 4.68 Å². The summed E-state index contributed by atoms with van der Waals surface area (Å²) in [6.07, 6.45) is 3.00. The zero-order valence-electron chi connectivity index (χ0n) is 12.8. The first-order chi connectivity index (χ1) is 9.43. The van der Waals surface area contributed by atoms with Crippen molar-refractivity contribution in [3.8, 4) is 0 Å². The van der Waals surface area contributed by atoms with E-state index in [-0.39, 0.29) is 12.1 Å².